The zero-order chi connectivity index (χ0) is 24.1. The summed E-state index contributed by atoms with van der Waals surface area (Å²) < 4.78 is 10.7. The lowest BCUT2D eigenvalue weighted by atomic mass is 9.94. The predicted octanol–water partition coefficient (Wildman–Crippen LogP) is 3.32. The number of aliphatic imine (C=N–C) groups is 1. The van der Waals surface area contributed by atoms with E-state index in [1.807, 2.05) is 29.4 Å². The summed E-state index contributed by atoms with van der Waals surface area (Å²) in [4.78, 5) is 34.6. The largest absolute Gasteiger partial charge is 0.463 e. The summed E-state index contributed by atoms with van der Waals surface area (Å²) in [5, 5.41) is 6.30. The van der Waals surface area contributed by atoms with E-state index in [-0.39, 0.29) is 18.9 Å². The topological polar surface area (TPSA) is 83.5 Å². The molecular formula is C24H29ClN4O4S. The van der Waals surface area contributed by atoms with Crippen molar-refractivity contribution in [1.29, 1.82) is 0 Å². The normalized spacial score (nSPS) is 20.6. The lowest BCUT2D eigenvalue weighted by molar-refractivity contribution is -0.139. The van der Waals surface area contributed by atoms with Gasteiger partial charge in [-0.1, -0.05) is 35.5 Å². The maximum absolute atomic E-state index is 12.9. The standard InChI is InChI=1S/C24H29ClN4O4S/c1-3-33-23(31)21-16(2)27-24-29(22(21)17-4-6-18(25)7-5-17)19(15-34-24)14-20(30)26-8-9-28-10-12-32-13-11-28/h4-7,15,22H,3,8-14H2,1-2H3,(H,26,30)/t22-/m1/s1. The van der Waals surface area contributed by atoms with Gasteiger partial charge in [-0.15, -0.1) is 0 Å². The van der Waals surface area contributed by atoms with E-state index in [9.17, 15) is 9.59 Å². The Balaban J connectivity index is 1.51. The van der Waals surface area contributed by atoms with Gasteiger partial charge in [-0.2, -0.15) is 0 Å². The highest BCUT2D eigenvalue weighted by Gasteiger charge is 2.41. The van der Waals surface area contributed by atoms with Crippen molar-refractivity contribution in [2.75, 3.05) is 46.0 Å². The second-order valence-corrected chi connectivity index (χ2v) is 9.42. The van der Waals surface area contributed by atoms with E-state index in [4.69, 9.17) is 21.1 Å². The number of amidine groups is 1. The van der Waals surface area contributed by atoms with Gasteiger partial charge in [0.05, 0.1) is 43.6 Å². The summed E-state index contributed by atoms with van der Waals surface area (Å²) in [5.41, 5.74) is 2.75. The Labute approximate surface area is 209 Å². The third-order valence-electron chi connectivity index (χ3n) is 5.88. The van der Waals surface area contributed by atoms with Crippen LogP contribution in [0.5, 0.6) is 0 Å². The summed E-state index contributed by atoms with van der Waals surface area (Å²) in [5.74, 6) is -0.478. The molecule has 0 aromatic heterocycles. The monoisotopic (exact) mass is 504 g/mol. The van der Waals surface area contributed by atoms with Crippen molar-refractivity contribution in [3.8, 4) is 0 Å². The van der Waals surface area contributed by atoms with Crippen LogP contribution in [0, 0.1) is 0 Å². The van der Waals surface area contributed by atoms with Gasteiger partial charge in [0.15, 0.2) is 5.17 Å². The van der Waals surface area contributed by atoms with Crippen LogP contribution in [-0.4, -0.2) is 72.8 Å². The van der Waals surface area contributed by atoms with Crippen molar-refractivity contribution in [3.05, 3.63) is 57.2 Å². The fourth-order valence-electron chi connectivity index (χ4n) is 4.21. The number of fused-ring (bicyclic) bond motifs is 1. The van der Waals surface area contributed by atoms with Gasteiger partial charge in [-0.25, -0.2) is 9.79 Å². The molecule has 8 nitrogen and oxygen atoms in total. The fourth-order valence-corrected chi connectivity index (χ4v) is 5.30. The maximum atomic E-state index is 12.9. The molecule has 10 heteroatoms. The van der Waals surface area contributed by atoms with Crippen LogP contribution in [0.2, 0.25) is 5.02 Å². The number of hydrogen-bond donors (Lipinski definition) is 1. The number of rotatable bonds is 8. The van der Waals surface area contributed by atoms with Crippen molar-refractivity contribution in [3.63, 3.8) is 0 Å². The first kappa shape index (κ1) is 24.8. The Morgan fingerprint density at radius 1 is 1.26 bits per heavy atom. The SMILES string of the molecule is CCOC(=O)C1=C(C)N=C2SC=C(CC(=O)NCCN3CCOCC3)N2[C@@H]1c1ccc(Cl)cc1. The van der Waals surface area contributed by atoms with E-state index >= 15 is 0 Å². The zero-order valence-electron chi connectivity index (χ0n) is 19.4. The number of amides is 1. The molecule has 4 rings (SSSR count). The molecule has 1 N–H and O–H groups in total. The van der Waals surface area contributed by atoms with Crippen LogP contribution in [-0.2, 0) is 19.1 Å². The molecule has 0 spiro atoms. The number of ether oxygens (including phenoxy) is 2. The van der Waals surface area contributed by atoms with E-state index in [0.29, 0.717) is 22.8 Å². The number of allylic oxidation sites excluding steroid dienone is 1. The van der Waals surface area contributed by atoms with Gasteiger partial charge in [-0.3, -0.25) is 9.69 Å². The first-order valence-electron chi connectivity index (χ1n) is 11.4. The molecule has 1 amide bonds. The lowest BCUT2D eigenvalue weighted by Crippen LogP contribution is -2.42. The van der Waals surface area contributed by atoms with Crippen molar-refractivity contribution < 1.29 is 19.1 Å². The fraction of sp³-hybridized carbons (Fsp3) is 0.458. The smallest absolute Gasteiger partial charge is 0.338 e. The van der Waals surface area contributed by atoms with Crippen LogP contribution in [0.4, 0.5) is 0 Å². The minimum absolute atomic E-state index is 0.0693. The van der Waals surface area contributed by atoms with E-state index in [0.717, 1.165) is 49.3 Å². The van der Waals surface area contributed by atoms with Gasteiger partial charge in [-0.05, 0) is 37.0 Å². The first-order chi connectivity index (χ1) is 16.5. The maximum Gasteiger partial charge on any atom is 0.338 e. The van der Waals surface area contributed by atoms with Crippen LogP contribution in [0.25, 0.3) is 0 Å². The highest BCUT2D eigenvalue weighted by atomic mass is 35.5. The van der Waals surface area contributed by atoms with Crippen LogP contribution in [0.15, 0.2) is 51.6 Å². The number of benzene rings is 1. The Hall–Kier alpha value is -2.33. The number of nitrogens with one attached hydrogen (secondary N) is 1. The van der Waals surface area contributed by atoms with E-state index in [1.165, 1.54) is 11.8 Å². The number of nitrogens with zero attached hydrogens (tertiary/aromatic N) is 3. The number of hydrogen-bond acceptors (Lipinski definition) is 8. The van der Waals surface area contributed by atoms with Crippen molar-refractivity contribution in [2.45, 2.75) is 26.3 Å². The average Bonchev–Trinajstić information content (AvgIpc) is 3.21. The molecule has 0 aliphatic carbocycles. The molecule has 3 heterocycles. The van der Waals surface area contributed by atoms with Crippen LogP contribution >= 0.6 is 23.4 Å². The van der Waals surface area contributed by atoms with Crippen LogP contribution < -0.4 is 5.32 Å². The molecule has 1 aromatic carbocycles. The summed E-state index contributed by atoms with van der Waals surface area (Å²) >= 11 is 7.58. The van der Waals surface area contributed by atoms with Gasteiger partial charge >= 0.3 is 5.97 Å². The summed E-state index contributed by atoms with van der Waals surface area (Å²) in [7, 11) is 0. The van der Waals surface area contributed by atoms with Crippen LogP contribution in [0.1, 0.15) is 31.9 Å². The highest BCUT2D eigenvalue weighted by molar-refractivity contribution is 8.16. The third-order valence-corrected chi connectivity index (χ3v) is 7.02. The summed E-state index contributed by atoms with van der Waals surface area (Å²) in [6.45, 7) is 8.47. The van der Waals surface area contributed by atoms with Crippen molar-refractivity contribution >= 4 is 40.4 Å². The Morgan fingerprint density at radius 3 is 2.71 bits per heavy atom. The van der Waals surface area contributed by atoms with Gasteiger partial charge in [0.1, 0.15) is 0 Å². The van der Waals surface area contributed by atoms with Gasteiger partial charge in [0.25, 0.3) is 0 Å². The molecule has 0 saturated carbocycles. The summed E-state index contributed by atoms with van der Waals surface area (Å²) in [6.07, 6.45) is 0.189. The molecule has 1 saturated heterocycles. The van der Waals surface area contributed by atoms with E-state index in [2.05, 4.69) is 15.2 Å². The molecule has 0 unspecified atom stereocenters. The number of morpholine rings is 1. The second kappa shape index (κ2) is 11.4. The third kappa shape index (κ3) is 5.66. The molecule has 182 valence electrons. The van der Waals surface area contributed by atoms with Crippen LogP contribution in [0.3, 0.4) is 0 Å². The Kier molecular flexibility index (Phi) is 8.31. The summed E-state index contributed by atoms with van der Waals surface area (Å²) in [6, 6.07) is 6.93. The molecule has 0 bridgehead atoms. The number of esters is 1. The molecular weight excluding hydrogens is 476 g/mol. The van der Waals surface area contributed by atoms with E-state index < -0.39 is 12.0 Å². The molecule has 1 aromatic rings. The first-order valence-corrected chi connectivity index (χ1v) is 12.7. The second-order valence-electron chi connectivity index (χ2n) is 8.15. The molecule has 1 fully saturated rings. The minimum Gasteiger partial charge on any atom is -0.463 e. The average molecular weight is 505 g/mol. The quantitative estimate of drug-likeness (QED) is 0.544. The number of thioether (sulfide) groups is 1. The van der Waals surface area contributed by atoms with Crippen molar-refractivity contribution in [1.82, 2.24) is 15.1 Å². The Bertz CT molecular complexity index is 1020. The highest BCUT2D eigenvalue weighted by Crippen LogP contribution is 2.44. The molecule has 3 aliphatic heterocycles. The zero-order valence-corrected chi connectivity index (χ0v) is 21.0. The molecule has 0 radical (unpaired) electrons. The minimum atomic E-state index is -0.453. The predicted molar refractivity (Wildman–Crippen MR) is 133 cm³/mol. The number of carbonyl (C=O) groups is 2. The molecule has 1 atom stereocenters. The number of halogens is 1. The van der Waals surface area contributed by atoms with Gasteiger partial charge < -0.3 is 19.7 Å². The molecule has 34 heavy (non-hydrogen) atoms. The van der Waals surface area contributed by atoms with Gasteiger partial charge in [0, 0.05) is 36.9 Å². The van der Waals surface area contributed by atoms with Gasteiger partial charge in [0.2, 0.25) is 5.91 Å². The molecule has 3 aliphatic rings. The number of carbonyl (C=O) groups excluding carboxylic acids is 2. The van der Waals surface area contributed by atoms with E-state index in [1.54, 1.807) is 19.1 Å². The Morgan fingerprint density at radius 2 is 2.00 bits per heavy atom. The lowest BCUT2D eigenvalue weighted by Gasteiger charge is -2.36. The van der Waals surface area contributed by atoms with Crippen molar-refractivity contribution in [2.24, 2.45) is 4.99 Å².